The third-order valence-electron chi connectivity index (χ3n) is 2.59. The summed E-state index contributed by atoms with van der Waals surface area (Å²) in [6, 6.07) is 3.95. The molecular weight excluding hydrogens is 282 g/mol. The minimum atomic E-state index is -0.146. The van der Waals surface area contributed by atoms with Crippen molar-refractivity contribution in [2.75, 3.05) is 6.54 Å². The summed E-state index contributed by atoms with van der Waals surface area (Å²) in [4.78, 5) is 18.5. The lowest BCUT2D eigenvalue weighted by atomic mass is 10.1. The molecule has 90 valence electrons. The second-order valence-electron chi connectivity index (χ2n) is 3.87. The standard InChI is InChI=1S/C12H14BrN3O/c1-8(13)12(17)15-6-4-9-7-16-11-10(9)3-2-5-14-11/h2-3,5,7-8H,4,6H2,1H3,(H,14,16)(H,15,17). The van der Waals surface area contributed by atoms with E-state index in [-0.39, 0.29) is 10.7 Å². The highest BCUT2D eigenvalue weighted by molar-refractivity contribution is 9.10. The number of hydrogen-bond donors (Lipinski definition) is 2. The maximum atomic E-state index is 11.4. The van der Waals surface area contributed by atoms with Crippen molar-refractivity contribution in [1.82, 2.24) is 15.3 Å². The third-order valence-corrected chi connectivity index (χ3v) is 3.01. The number of fused-ring (bicyclic) bond motifs is 1. The van der Waals surface area contributed by atoms with Crippen LogP contribution in [0, 0.1) is 0 Å². The van der Waals surface area contributed by atoms with Crippen LogP contribution in [-0.2, 0) is 11.2 Å². The van der Waals surface area contributed by atoms with Gasteiger partial charge >= 0.3 is 0 Å². The van der Waals surface area contributed by atoms with E-state index in [0.717, 1.165) is 17.5 Å². The summed E-state index contributed by atoms with van der Waals surface area (Å²) in [7, 11) is 0. The molecule has 0 aliphatic rings. The molecule has 1 amide bonds. The highest BCUT2D eigenvalue weighted by Crippen LogP contribution is 2.15. The maximum absolute atomic E-state index is 11.4. The van der Waals surface area contributed by atoms with Crippen LogP contribution in [0.15, 0.2) is 24.5 Å². The van der Waals surface area contributed by atoms with Crippen LogP contribution in [0.5, 0.6) is 0 Å². The Labute approximate surface area is 108 Å². The molecule has 5 heteroatoms. The number of amides is 1. The molecule has 0 saturated carbocycles. The molecule has 0 aliphatic carbocycles. The number of carbonyl (C=O) groups excluding carboxylic acids is 1. The van der Waals surface area contributed by atoms with Gasteiger partial charge in [-0.1, -0.05) is 15.9 Å². The van der Waals surface area contributed by atoms with Crippen molar-refractivity contribution in [3.05, 3.63) is 30.1 Å². The van der Waals surface area contributed by atoms with Gasteiger partial charge < -0.3 is 10.3 Å². The topological polar surface area (TPSA) is 57.8 Å². The normalized spacial score (nSPS) is 12.6. The first kappa shape index (κ1) is 12.1. The third kappa shape index (κ3) is 2.85. The Morgan fingerprint density at radius 3 is 3.24 bits per heavy atom. The predicted molar refractivity (Wildman–Crippen MR) is 71.2 cm³/mol. The largest absolute Gasteiger partial charge is 0.355 e. The summed E-state index contributed by atoms with van der Waals surface area (Å²) in [5.41, 5.74) is 2.07. The first-order valence-corrected chi connectivity index (χ1v) is 6.43. The van der Waals surface area contributed by atoms with Crippen LogP contribution in [0.25, 0.3) is 11.0 Å². The van der Waals surface area contributed by atoms with E-state index in [9.17, 15) is 4.79 Å². The SMILES string of the molecule is CC(Br)C(=O)NCCc1c[nH]c2ncccc12. The van der Waals surface area contributed by atoms with Crippen LogP contribution >= 0.6 is 15.9 Å². The number of pyridine rings is 1. The predicted octanol–water partition coefficient (Wildman–Crippen LogP) is 2.00. The zero-order valence-corrected chi connectivity index (χ0v) is 11.1. The number of aromatic nitrogens is 2. The smallest absolute Gasteiger partial charge is 0.233 e. The lowest BCUT2D eigenvalue weighted by Gasteiger charge is -2.05. The van der Waals surface area contributed by atoms with E-state index >= 15 is 0 Å². The van der Waals surface area contributed by atoms with E-state index in [4.69, 9.17) is 0 Å². The quantitative estimate of drug-likeness (QED) is 0.848. The van der Waals surface area contributed by atoms with Crippen molar-refractivity contribution in [2.45, 2.75) is 18.2 Å². The number of H-pyrrole nitrogens is 1. The van der Waals surface area contributed by atoms with Crippen LogP contribution in [-0.4, -0.2) is 27.2 Å². The molecule has 4 nitrogen and oxygen atoms in total. The number of aromatic amines is 1. The number of hydrogen-bond acceptors (Lipinski definition) is 2. The van der Waals surface area contributed by atoms with Crippen molar-refractivity contribution in [3.8, 4) is 0 Å². The van der Waals surface area contributed by atoms with Gasteiger partial charge in [-0.25, -0.2) is 4.98 Å². The average molecular weight is 296 g/mol. The molecule has 0 aliphatic heterocycles. The van der Waals surface area contributed by atoms with Crippen LogP contribution in [0.1, 0.15) is 12.5 Å². The fraction of sp³-hybridized carbons (Fsp3) is 0.333. The Balaban J connectivity index is 1.98. The maximum Gasteiger partial charge on any atom is 0.233 e. The van der Waals surface area contributed by atoms with E-state index in [1.165, 1.54) is 5.56 Å². The lowest BCUT2D eigenvalue weighted by Crippen LogP contribution is -2.30. The molecule has 2 N–H and O–H groups in total. The number of halogens is 1. The molecule has 2 heterocycles. The van der Waals surface area contributed by atoms with Crippen molar-refractivity contribution in [3.63, 3.8) is 0 Å². The summed E-state index contributed by atoms with van der Waals surface area (Å²) in [6.45, 7) is 2.45. The van der Waals surface area contributed by atoms with E-state index in [1.54, 1.807) is 6.20 Å². The first-order valence-electron chi connectivity index (χ1n) is 5.51. The van der Waals surface area contributed by atoms with E-state index in [1.807, 2.05) is 25.3 Å². The van der Waals surface area contributed by atoms with Crippen molar-refractivity contribution < 1.29 is 4.79 Å². The molecule has 1 unspecified atom stereocenters. The number of rotatable bonds is 4. The zero-order valence-electron chi connectivity index (χ0n) is 9.53. The van der Waals surface area contributed by atoms with Crippen LogP contribution in [0.3, 0.4) is 0 Å². The van der Waals surface area contributed by atoms with Gasteiger partial charge in [0.1, 0.15) is 5.65 Å². The van der Waals surface area contributed by atoms with Crippen LogP contribution in [0.4, 0.5) is 0 Å². The van der Waals surface area contributed by atoms with Gasteiger partial charge in [0.05, 0.1) is 4.83 Å². The fourth-order valence-electron chi connectivity index (χ4n) is 1.68. The molecule has 2 rings (SSSR count). The number of nitrogens with one attached hydrogen (secondary N) is 2. The van der Waals surface area contributed by atoms with Gasteiger partial charge in [0, 0.05) is 24.3 Å². The monoisotopic (exact) mass is 295 g/mol. The zero-order chi connectivity index (χ0) is 12.3. The molecule has 0 saturated heterocycles. The van der Waals surface area contributed by atoms with Gasteiger partial charge in [-0.15, -0.1) is 0 Å². The molecule has 0 fully saturated rings. The summed E-state index contributed by atoms with van der Waals surface area (Å²) < 4.78 is 0. The van der Waals surface area contributed by atoms with Gasteiger partial charge in [-0.05, 0) is 31.0 Å². The number of carbonyl (C=O) groups is 1. The first-order chi connectivity index (χ1) is 8.18. The minimum Gasteiger partial charge on any atom is -0.355 e. The molecule has 17 heavy (non-hydrogen) atoms. The van der Waals surface area contributed by atoms with Crippen LogP contribution in [0.2, 0.25) is 0 Å². The van der Waals surface area contributed by atoms with E-state index in [0.29, 0.717) is 6.54 Å². The van der Waals surface area contributed by atoms with Crippen molar-refractivity contribution in [2.24, 2.45) is 0 Å². The summed E-state index contributed by atoms with van der Waals surface area (Å²) in [5.74, 6) is 0.0166. The second-order valence-corrected chi connectivity index (χ2v) is 5.24. The van der Waals surface area contributed by atoms with Gasteiger partial charge in [0.15, 0.2) is 0 Å². The molecule has 0 spiro atoms. The van der Waals surface area contributed by atoms with E-state index < -0.39 is 0 Å². The van der Waals surface area contributed by atoms with Crippen LogP contribution < -0.4 is 5.32 Å². The average Bonchev–Trinajstić information content (AvgIpc) is 2.72. The molecular formula is C12H14BrN3O. The Morgan fingerprint density at radius 1 is 1.65 bits per heavy atom. The number of alkyl halides is 1. The van der Waals surface area contributed by atoms with Gasteiger partial charge in [-0.3, -0.25) is 4.79 Å². The van der Waals surface area contributed by atoms with Crippen molar-refractivity contribution >= 4 is 32.9 Å². The molecule has 2 aromatic heterocycles. The van der Waals surface area contributed by atoms with Gasteiger partial charge in [0.25, 0.3) is 0 Å². The highest BCUT2D eigenvalue weighted by atomic mass is 79.9. The van der Waals surface area contributed by atoms with Gasteiger partial charge in [-0.2, -0.15) is 0 Å². The minimum absolute atomic E-state index is 0.0166. The lowest BCUT2D eigenvalue weighted by molar-refractivity contribution is -0.120. The Bertz CT molecular complexity index is 521. The Morgan fingerprint density at radius 2 is 2.47 bits per heavy atom. The molecule has 1 atom stereocenters. The number of nitrogens with zero attached hydrogens (tertiary/aromatic N) is 1. The highest BCUT2D eigenvalue weighted by Gasteiger charge is 2.08. The molecule has 0 aromatic carbocycles. The van der Waals surface area contributed by atoms with Gasteiger partial charge in [0.2, 0.25) is 5.91 Å². The van der Waals surface area contributed by atoms with Crippen molar-refractivity contribution in [1.29, 1.82) is 0 Å². The fourth-order valence-corrected chi connectivity index (χ4v) is 1.84. The summed E-state index contributed by atoms with van der Waals surface area (Å²) >= 11 is 3.23. The molecule has 0 radical (unpaired) electrons. The second kappa shape index (κ2) is 5.31. The summed E-state index contributed by atoms with van der Waals surface area (Å²) in [6.07, 6.45) is 4.51. The summed E-state index contributed by atoms with van der Waals surface area (Å²) in [5, 5.41) is 3.98. The van der Waals surface area contributed by atoms with E-state index in [2.05, 4.69) is 31.2 Å². The molecule has 0 bridgehead atoms. The Kier molecular flexibility index (Phi) is 3.78. The molecule has 2 aromatic rings. The Hall–Kier alpha value is -1.36.